The summed E-state index contributed by atoms with van der Waals surface area (Å²) in [4.78, 5) is 20.6. The fourth-order valence-corrected chi connectivity index (χ4v) is 3.71. The third kappa shape index (κ3) is 5.31. The molecule has 1 saturated carbocycles. The Morgan fingerprint density at radius 3 is 2.48 bits per heavy atom. The van der Waals surface area contributed by atoms with E-state index in [9.17, 15) is 13.6 Å². The Hall–Kier alpha value is -2.72. The molecule has 1 unspecified atom stereocenters. The number of nitrogens with zero attached hydrogens (tertiary/aromatic N) is 2. The van der Waals surface area contributed by atoms with Crippen molar-refractivity contribution in [3.05, 3.63) is 53.6 Å². The summed E-state index contributed by atoms with van der Waals surface area (Å²) in [5.41, 5.74) is 0.469. The van der Waals surface area contributed by atoms with E-state index in [1.165, 1.54) is 0 Å². The van der Waals surface area contributed by atoms with Crippen molar-refractivity contribution in [3.8, 4) is 0 Å². The monoisotopic (exact) mass is 447 g/mol. The molecular weight excluding hydrogens is 424 g/mol. The van der Waals surface area contributed by atoms with E-state index in [2.05, 4.69) is 20.6 Å². The third-order valence-electron chi connectivity index (χ3n) is 5.53. The number of rotatable bonds is 6. The van der Waals surface area contributed by atoms with Crippen LogP contribution >= 0.6 is 11.9 Å². The van der Waals surface area contributed by atoms with Crippen molar-refractivity contribution in [1.29, 1.82) is 0 Å². The van der Waals surface area contributed by atoms with Gasteiger partial charge in [0.15, 0.2) is 11.6 Å². The number of nitrogens with one attached hydrogen (secondary N) is 2. The number of allylic oxidation sites excluding steroid dienone is 2. The van der Waals surface area contributed by atoms with E-state index in [1.54, 1.807) is 12.4 Å². The number of amides is 1. The summed E-state index contributed by atoms with van der Waals surface area (Å²) in [6.07, 6.45) is 8.86. The molecule has 1 aromatic heterocycles. The molecule has 2 aliphatic rings. The van der Waals surface area contributed by atoms with Gasteiger partial charge in [-0.15, -0.1) is 0 Å². The van der Waals surface area contributed by atoms with E-state index in [0.29, 0.717) is 18.6 Å². The Bertz CT molecular complexity index is 988. The fourth-order valence-electron chi connectivity index (χ4n) is 3.37. The zero-order chi connectivity index (χ0) is 22.0. The Morgan fingerprint density at radius 1 is 1.26 bits per heavy atom. The summed E-state index contributed by atoms with van der Waals surface area (Å²) >= 11 is 0.763. The van der Waals surface area contributed by atoms with Gasteiger partial charge in [-0.25, -0.2) is 23.5 Å². The van der Waals surface area contributed by atoms with Crippen LogP contribution in [0.1, 0.15) is 50.5 Å². The highest BCUT2D eigenvalue weighted by molar-refractivity contribution is 7.97. The molecular formula is C21H23F2N5O2S. The molecule has 0 saturated heterocycles. The number of hydrogen-bond donors (Lipinski definition) is 3. The number of anilines is 2. The van der Waals surface area contributed by atoms with Crippen LogP contribution in [-0.2, 0) is 4.74 Å². The number of alkyl carbamates (subject to hydrolysis) is 1. The topological polar surface area (TPSA) is 102 Å². The van der Waals surface area contributed by atoms with E-state index in [-0.39, 0.29) is 28.0 Å². The van der Waals surface area contributed by atoms with Crippen molar-refractivity contribution in [2.24, 2.45) is 5.14 Å². The molecule has 4 N–H and O–H groups in total. The van der Waals surface area contributed by atoms with Crippen LogP contribution in [0.4, 0.5) is 25.2 Å². The van der Waals surface area contributed by atoms with Gasteiger partial charge in [0.2, 0.25) is 5.95 Å². The summed E-state index contributed by atoms with van der Waals surface area (Å²) in [5, 5.41) is 10.8. The minimum Gasteiger partial charge on any atom is -0.415 e. The maximum absolute atomic E-state index is 14.1. The molecule has 1 amide bonds. The molecule has 1 atom stereocenters. The first kappa shape index (κ1) is 21.5. The summed E-state index contributed by atoms with van der Waals surface area (Å²) in [6, 6.07) is 2.29. The lowest BCUT2D eigenvalue weighted by atomic mass is 9.88. The van der Waals surface area contributed by atoms with Crippen molar-refractivity contribution in [3.63, 3.8) is 0 Å². The minimum atomic E-state index is -0.773. The van der Waals surface area contributed by atoms with Crippen LogP contribution in [0.5, 0.6) is 0 Å². The van der Waals surface area contributed by atoms with Gasteiger partial charge in [0, 0.05) is 29.2 Å². The third-order valence-corrected chi connectivity index (χ3v) is 6.04. The van der Waals surface area contributed by atoms with Gasteiger partial charge in [0.1, 0.15) is 11.4 Å². The lowest BCUT2D eigenvalue weighted by Crippen LogP contribution is -2.34. The number of hydrogen-bond acceptors (Lipinski definition) is 7. The molecule has 31 heavy (non-hydrogen) atoms. The maximum Gasteiger partial charge on any atom is 0.412 e. The first-order valence-electron chi connectivity index (χ1n) is 9.99. The van der Waals surface area contributed by atoms with Gasteiger partial charge < -0.3 is 15.4 Å². The van der Waals surface area contributed by atoms with E-state index >= 15 is 0 Å². The number of benzene rings is 1. The molecule has 1 fully saturated rings. The zero-order valence-electron chi connectivity index (χ0n) is 17.0. The molecule has 1 heterocycles. The van der Waals surface area contributed by atoms with Gasteiger partial charge in [-0.2, -0.15) is 0 Å². The average Bonchev–Trinajstić information content (AvgIpc) is 3.47. The number of ether oxygens (including phenoxy) is 1. The normalized spacial score (nSPS) is 19.4. The Kier molecular flexibility index (Phi) is 6.10. The van der Waals surface area contributed by atoms with Crippen molar-refractivity contribution in [1.82, 2.24) is 15.3 Å². The van der Waals surface area contributed by atoms with Crippen LogP contribution in [0.15, 0.2) is 41.3 Å². The van der Waals surface area contributed by atoms with Crippen molar-refractivity contribution in [2.45, 2.75) is 55.4 Å². The molecule has 0 aliphatic heterocycles. The zero-order valence-corrected chi connectivity index (χ0v) is 17.8. The van der Waals surface area contributed by atoms with Crippen LogP contribution in [0.2, 0.25) is 0 Å². The number of carbonyl (C=O) groups excluding carboxylic acids is 1. The largest absolute Gasteiger partial charge is 0.415 e. The molecule has 1 aromatic carbocycles. The number of aromatic nitrogens is 2. The first-order valence-corrected chi connectivity index (χ1v) is 10.9. The maximum atomic E-state index is 14.1. The average molecular weight is 448 g/mol. The molecule has 10 heteroatoms. The highest BCUT2D eigenvalue weighted by Gasteiger charge is 2.39. The Labute approximate surface area is 183 Å². The van der Waals surface area contributed by atoms with Crippen molar-refractivity contribution in [2.75, 3.05) is 5.32 Å². The van der Waals surface area contributed by atoms with Crippen LogP contribution in [0.3, 0.4) is 0 Å². The molecule has 7 nitrogen and oxygen atoms in total. The van der Waals surface area contributed by atoms with Gasteiger partial charge in [-0.05, 0) is 74.2 Å². The standard InChI is InChI=1S/C21H23F2N5O2S/c1-21(6-7-21)28-20(29)30-14-4-2-12(3-5-14)13-10-25-19(26-11-13)27-18-16(22)8-15(31-24)9-17(18)23/h4,8-12H,2-3,5-7,24H2,1H3,(H,28,29)(H,25,26,27). The van der Waals surface area contributed by atoms with E-state index in [4.69, 9.17) is 9.88 Å². The molecule has 164 valence electrons. The summed E-state index contributed by atoms with van der Waals surface area (Å²) in [7, 11) is 0. The van der Waals surface area contributed by atoms with Crippen molar-refractivity contribution >= 4 is 29.7 Å². The Balaban J connectivity index is 1.35. The van der Waals surface area contributed by atoms with Crippen molar-refractivity contribution < 1.29 is 18.3 Å². The van der Waals surface area contributed by atoms with Gasteiger partial charge in [-0.1, -0.05) is 0 Å². The molecule has 2 aromatic rings. The number of halogens is 2. The molecule has 4 rings (SSSR count). The smallest absolute Gasteiger partial charge is 0.412 e. The quantitative estimate of drug-likeness (QED) is 0.542. The molecule has 2 aliphatic carbocycles. The second kappa shape index (κ2) is 8.80. The predicted molar refractivity (Wildman–Crippen MR) is 114 cm³/mol. The summed E-state index contributed by atoms with van der Waals surface area (Å²) in [6.45, 7) is 2.00. The Morgan fingerprint density at radius 2 is 1.94 bits per heavy atom. The fraction of sp³-hybridized carbons (Fsp3) is 0.381. The van der Waals surface area contributed by atoms with Gasteiger partial charge in [-0.3, -0.25) is 5.14 Å². The molecule has 0 radical (unpaired) electrons. The second-order valence-electron chi connectivity index (χ2n) is 8.06. The predicted octanol–water partition coefficient (Wildman–Crippen LogP) is 4.89. The van der Waals surface area contributed by atoms with E-state index in [1.807, 2.05) is 13.0 Å². The van der Waals surface area contributed by atoms with Gasteiger partial charge in [0.05, 0.1) is 0 Å². The first-order chi connectivity index (χ1) is 14.8. The SMILES string of the molecule is CC1(NC(=O)OC2=CCC(c3cnc(Nc4c(F)cc(SN)cc4F)nc3)CC2)CC1. The highest BCUT2D eigenvalue weighted by Crippen LogP contribution is 2.35. The minimum absolute atomic E-state index is 0.0929. The lowest BCUT2D eigenvalue weighted by Gasteiger charge is -2.22. The van der Waals surface area contributed by atoms with Crippen LogP contribution in [0, 0.1) is 11.6 Å². The summed E-state index contributed by atoms with van der Waals surface area (Å²) in [5.74, 6) is -0.604. The number of carbonyl (C=O) groups is 1. The molecule has 0 bridgehead atoms. The van der Waals surface area contributed by atoms with Gasteiger partial charge >= 0.3 is 6.09 Å². The second-order valence-corrected chi connectivity index (χ2v) is 8.77. The lowest BCUT2D eigenvalue weighted by molar-refractivity contribution is 0.165. The summed E-state index contributed by atoms with van der Waals surface area (Å²) < 4.78 is 33.6. The van der Waals surface area contributed by atoms with Crippen LogP contribution in [-0.4, -0.2) is 21.6 Å². The highest BCUT2D eigenvalue weighted by atomic mass is 32.2. The van der Waals surface area contributed by atoms with E-state index in [0.717, 1.165) is 48.9 Å². The molecule has 0 spiro atoms. The van der Waals surface area contributed by atoms with Gasteiger partial charge in [0.25, 0.3) is 0 Å². The van der Waals surface area contributed by atoms with Crippen LogP contribution in [0.25, 0.3) is 0 Å². The van der Waals surface area contributed by atoms with Crippen LogP contribution < -0.4 is 15.8 Å². The number of nitrogens with two attached hydrogens (primary N) is 1. The van der Waals surface area contributed by atoms with E-state index < -0.39 is 17.7 Å².